The summed E-state index contributed by atoms with van der Waals surface area (Å²) in [6.45, 7) is 8.77. The zero-order valence-electron chi connectivity index (χ0n) is 20.3. The van der Waals surface area contributed by atoms with Gasteiger partial charge in [-0.1, -0.05) is 47.4 Å². The minimum Gasteiger partial charge on any atom is -0.447 e. The molecule has 1 aromatic carbocycles. The largest absolute Gasteiger partial charge is 0.447 e. The average Bonchev–Trinajstić information content (AvgIpc) is 3.47. The van der Waals surface area contributed by atoms with Crippen LogP contribution in [0.15, 0.2) is 55.2 Å². The quantitative estimate of drug-likeness (QED) is 0.114. The van der Waals surface area contributed by atoms with Crippen molar-refractivity contribution in [3.63, 3.8) is 0 Å². The van der Waals surface area contributed by atoms with Crippen LogP contribution in [0.25, 0.3) is 16.8 Å². The van der Waals surface area contributed by atoms with Crippen molar-refractivity contribution < 1.29 is 9.53 Å². The van der Waals surface area contributed by atoms with Gasteiger partial charge in [-0.05, 0) is 50.1 Å². The van der Waals surface area contributed by atoms with Crippen molar-refractivity contribution >= 4 is 57.3 Å². The Morgan fingerprint density at radius 3 is 2.72 bits per heavy atom. The van der Waals surface area contributed by atoms with Crippen molar-refractivity contribution in [1.82, 2.24) is 14.9 Å². The minimum atomic E-state index is -0.354. The van der Waals surface area contributed by atoms with Crippen LogP contribution in [-0.2, 0) is 11.3 Å². The van der Waals surface area contributed by atoms with Crippen molar-refractivity contribution in [2.75, 3.05) is 17.2 Å². The predicted molar refractivity (Wildman–Crippen MR) is 152 cm³/mol. The van der Waals surface area contributed by atoms with Gasteiger partial charge in [0.15, 0.2) is 0 Å². The summed E-state index contributed by atoms with van der Waals surface area (Å²) in [5.41, 5.74) is 6.34. The molecule has 1 fully saturated rings. The number of ether oxygens (including phenoxy) is 1. The van der Waals surface area contributed by atoms with E-state index in [2.05, 4.69) is 49.8 Å². The number of pyridine rings is 1. The fourth-order valence-corrected chi connectivity index (χ4v) is 5.28. The fraction of sp³-hybridized carbons (Fsp3) is 0.296. The molecule has 1 aliphatic heterocycles. The highest BCUT2D eigenvalue weighted by Gasteiger charge is 2.38. The Morgan fingerprint density at radius 2 is 2.03 bits per heavy atom. The van der Waals surface area contributed by atoms with E-state index in [9.17, 15) is 4.79 Å². The number of alkyl halides is 1. The predicted octanol–water partition coefficient (Wildman–Crippen LogP) is 6.41. The molecule has 3 aromatic rings. The van der Waals surface area contributed by atoms with Gasteiger partial charge in [-0.25, -0.2) is 9.78 Å². The second kappa shape index (κ2) is 9.96. The highest BCUT2D eigenvalue weighted by atomic mass is 127. The number of amidine groups is 1. The number of carbonyl (C=O) groups is 1. The first-order valence-electron chi connectivity index (χ1n) is 12.0. The van der Waals surface area contributed by atoms with E-state index < -0.39 is 0 Å². The van der Waals surface area contributed by atoms with E-state index in [1.54, 1.807) is 11.1 Å². The first-order chi connectivity index (χ1) is 17.3. The highest BCUT2D eigenvalue weighted by molar-refractivity contribution is 14.1. The molecule has 9 heteroatoms. The Hall–Kier alpha value is -3.34. The Morgan fingerprint density at radius 1 is 1.28 bits per heavy atom. The van der Waals surface area contributed by atoms with Gasteiger partial charge in [-0.2, -0.15) is 0 Å². The fourth-order valence-electron chi connectivity index (χ4n) is 4.38. The van der Waals surface area contributed by atoms with E-state index in [4.69, 9.17) is 10.1 Å². The molecule has 5 rings (SSSR count). The van der Waals surface area contributed by atoms with Gasteiger partial charge in [-0.3, -0.25) is 10.3 Å². The monoisotopic (exact) mass is 596 g/mol. The summed E-state index contributed by atoms with van der Waals surface area (Å²) in [5, 5.41) is 15.1. The van der Waals surface area contributed by atoms with E-state index in [0.717, 1.165) is 45.9 Å². The van der Waals surface area contributed by atoms with Crippen molar-refractivity contribution in [3.05, 3.63) is 66.5 Å². The molecule has 3 heterocycles. The lowest BCUT2D eigenvalue weighted by atomic mass is 9.99. The second-order valence-corrected chi connectivity index (χ2v) is 11.0. The van der Waals surface area contributed by atoms with Crippen LogP contribution in [0, 0.1) is 11.3 Å². The lowest BCUT2D eigenvalue weighted by Crippen LogP contribution is -2.36. The molecule has 0 radical (unpaired) electrons. The average molecular weight is 596 g/mol. The van der Waals surface area contributed by atoms with E-state index in [1.807, 2.05) is 56.3 Å². The molecule has 2 aliphatic rings. The van der Waals surface area contributed by atoms with Gasteiger partial charge in [0, 0.05) is 45.1 Å². The number of hydrogen-bond acceptors (Lipinski definition) is 5. The molecule has 4 N–H and O–H groups in total. The van der Waals surface area contributed by atoms with Crippen molar-refractivity contribution in [3.8, 4) is 11.3 Å². The minimum absolute atomic E-state index is 0.193. The number of nitrogens with one attached hydrogen (secondary N) is 4. The summed E-state index contributed by atoms with van der Waals surface area (Å²) >= 11 is 2.38. The second-order valence-electron chi connectivity index (χ2n) is 9.44. The summed E-state index contributed by atoms with van der Waals surface area (Å²) in [6, 6.07) is 13.9. The van der Waals surface area contributed by atoms with Crippen LogP contribution in [0.2, 0.25) is 0 Å². The number of halogens is 1. The molecule has 8 nitrogen and oxygen atoms in total. The van der Waals surface area contributed by atoms with E-state index in [-0.39, 0.29) is 18.1 Å². The smallest absolute Gasteiger partial charge is 0.410 e. The van der Waals surface area contributed by atoms with Crippen molar-refractivity contribution in [1.29, 1.82) is 5.41 Å². The number of para-hydroxylation sites is 1. The van der Waals surface area contributed by atoms with Gasteiger partial charge in [0.05, 0.1) is 24.0 Å². The summed E-state index contributed by atoms with van der Waals surface area (Å²) in [4.78, 5) is 22.3. The number of benzene rings is 1. The number of aromatic amines is 1. The Kier molecular flexibility index (Phi) is 6.74. The highest BCUT2D eigenvalue weighted by Crippen LogP contribution is 2.42. The number of fused-ring (bicyclic) bond motifs is 1. The van der Waals surface area contributed by atoms with Crippen LogP contribution >= 0.6 is 22.6 Å². The molecule has 1 saturated carbocycles. The van der Waals surface area contributed by atoms with Crippen molar-refractivity contribution in [2.24, 2.45) is 5.92 Å². The van der Waals surface area contributed by atoms with Crippen LogP contribution in [0.3, 0.4) is 0 Å². The Labute approximate surface area is 224 Å². The summed E-state index contributed by atoms with van der Waals surface area (Å²) < 4.78 is 5.95. The zero-order chi connectivity index (χ0) is 25.4. The lowest BCUT2D eigenvalue weighted by Gasteiger charge is -2.29. The first kappa shape index (κ1) is 24.4. The molecule has 0 spiro atoms. The number of rotatable bonds is 6. The number of carbonyl (C=O) groups excluding carboxylic acids is 1. The van der Waals surface area contributed by atoms with Crippen LogP contribution in [0.4, 0.5) is 22.0 Å². The maximum Gasteiger partial charge on any atom is 0.410 e. The number of nitrogens with zero attached hydrogens (tertiary/aromatic N) is 2. The molecule has 0 bridgehead atoms. The van der Waals surface area contributed by atoms with Gasteiger partial charge in [0.2, 0.25) is 0 Å². The summed E-state index contributed by atoms with van der Waals surface area (Å²) in [6.07, 6.45) is 2.22. The molecule has 1 aliphatic carbocycles. The normalized spacial score (nSPS) is 18.6. The third-order valence-electron chi connectivity index (χ3n) is 6.19. The molecule has 2 aromatic heterocycles. The number of amides is 1. The van der Waals surface area contributed by atoms with E-state index in [0.29, 0.717) is 28.7 Å². The van der Waals surface area contributed by atoms with Gasteiger partial charge in [0.1, 0.15) is 11.7 Å². The first-order valence-corrected chi connectivity index (χ1v) is 13.2. The number of H-pyrrole nitrogens is 1. The molecular weight excluding hydrogens is 567 g/mol. The topological polar surface area (TPSA) is 106 Å². The molecule has 1 amide bonds. The summed E-state index contributed by atoms with van der Waals surface area (Å²) in [5.74, 6) is 1.40. The van der Waals surface area contributed by atoms with Crippen LogP contribution < -0.4 is 10.6 Å². The van der Waals surface area contributed by atoms with Gasteiger partial charge in [-0.15, -0.1) is 0 Å². The molecule has 0 unspecified atom stereocenters. The van der Waals surface area contributed by atoms with Gasteiger partial charge in [0.25, 0.3) is 0 Å². The standard InChI is InChI=1S/C27H29IN6O2/c1-15(2)36-27(35)34-13-16(3)23-21(14-34)32-24(25(23)31-18-7-5-4-6-8-18)17-9-10-30-22(11-17)33-26(29)19-12-20(19)28/h4-11,15,19-20,31-32H,3,12-14H2,1-2H3,(H2,29,30,33)/t19-,20+/m1/s1. The Bertz CT molecular complexity index is 1320. The molecular formula is C27H29IN6O2. The van der Waals surface area contributed by atoms with Gasteiger partial charge < -0.3 is 20.4 Å². The SMILES string of the molecule is C=C1CN(C(=O)OC(C)C)Cc2[nH]c(-c3ccnc(NC(=N)[C@@H]4C[C@@H]4I)c3)c(Nc3ccccc3)c21. The maximum atomic E-state index is 12.6. The lowest BCUT2D eigenvalue weighted by molar-refractivity contribution is 0.0775. The van der Waals surface area contributed by atoms with E-state index in [1.165, 1.54) is 0 Å². The van der Waals surface area contributed by atoms with Crippen LogP contribution in [-0.4, -0.2) is 43.4 Å². The van der Waals surface area contributed by atoms with E-state index >= 15 is 0 Å². The Balaban J connectivity index is 1.51. The number of aromatic nitrogens is 2. The number of anilines is 3. The molecule has 0 saturated heterocycles. The summed E-state index contributed by atoms with van der Waals surface area (Å²) in [7, 11) is 0. The number of hydrogen-bond donors (Lipinski definition) is 4. The third-order valence-corrected chi connectivity index (χ3v) is 7.57. The van der Waals surface area contributed by atoms with Crippen LogP contribution in [0.1, 0.15) is 31.5 Å². The zero-order valence-corrected chi connectivity index (χ0v) is 22.4. The maximum absolute atomic E-state index is 12.6. The molecule has 186 valence electrons. The van der Waals surface area contributed by atoms with Crippen LogP contribution in [0.5, 0.6) is 0 Å². The third kappa shape index (κ3) is 5.11. The van der Waals surface area contributed by atoms with Gasteiger partial charge >= 0.3 is 6.09 Å². The molecule has 2 atom stereocenters. The van der Waals surface area contributed by atoms with Crippen molar-refractivity contribution in [2.45, 2.75) is 36.8 Å². The molecule has 36 heavy (non-hydrogen) atoms.